The van der Waals surface area contributed by atoms with Crippen molar-refractivity contribution in [1.29, 1.82) is 0 Å². The minimum atomic E-state index is -1.72. The van der Waals surface area contributed by atoms with Crippen LogP contribution >= 0.6 is 0 Å². The van der Waals surface area contributed by atoms with Crippen molar-refractivity contribution in [3.8, 4) is 0 Å². The molecule has 0 saturated heterocycles. The number of hydrogen-bond acceptors (Lipinski definition) is 13. The maximum Gasteiger partial charge on any atom is 0.328 e. The van der Waals surface area contributed by atoms with Crippen LogP contribution in [0.3, 0.4) is 0 Å². The Labute approximate surface area is 308 Å². The molecule has 0 bridgehead atoms. The van der Waals surface area contributed by atoms with Crippen LogP contribution in [0.25, 0.3) is 0 Å². The normalized spacial score (nSPS) is 16.5. The minimum Gasteiger partial charge on any atom is -0.480 e. The molecule has 0 unspecified atom stereocenters. The summed E-state index contributed by atoms with van der Waals surface area (Å²) in [5.41, 5.74) is 5.30. The molecule has 0 saturated carbocycles. The number of carboxylic acid groups (broad SMARTS) is 1. The summed E-state index contributed by atoms with van der Waals surface area (Å²) in [6.07, 6.45) is -2.82. The summed E-state index contributed by atoms with van der Waals surface area (Å²) in [6, 6.07) is -10.5. The molecular weight excluding hydrogens is 704 g/mol. The molecule has 7 amide bonds. The largest absolute Gasteiger partial charge is 0.480 e. The van der Waals surface area contributed by atoms with Crippen molar-refractivity contribution in [3.63, 3.8) is 0 Å². The summed E-state index contributed by atoms with van der Waals surface area (Å²) >= 11 is 0. The Bertz CT molecular complexity index is 1280. The first kappa shape index (κ1) is 48.6. The van der Waals surface area contributed by atoms with E-state index in [2.05, 4.69) is 31.9 Å². The highest BCUT2D eigenvalue weighted by Gasteiger charge is 2.37. The number of nitrogens with one attached hydrogen (secondary N) is 7. The minimum absolute atomic E-state index is 0.0824. The molecule has 0 radical (unpaired) electrons. The van der Waals surface area contributed by atoms with Crippen LogP contribution in [0, 0.1) is 17.8 Å². The molecule has 0 aliphatic rings. The molecule has 21 heteroatoms. The van der Waals surface area contributed by atoms with Gasteiger partial charge in [-0.05, 0) is 38.0 Å². The van der Waals surface area contributed by atoms with E-state index in [-0.39, 0.29) is 12.3 Å². The Kier molecular flexibility index (Phi) is 21.3. The van der Waals surface area contributed by atoms with E-state index < -0.39 is 133 Å². The first-order valence-electron chi connectivity index (χ1n) is 17.1. The van der Waals surface area contributed by atoms with Gasteiger partial charge in [0, 0.05) is 0 Å². The summed E-state index contributed by atoms with van der Waals surface area (Å²) in [7, 11) is 0. The molecule has 0 spiro atoms. The van der Waals surface area contributed by atoms with Crippen molar-refractivity contribution < 1.29 is 63.9 Å². The zero-order chi connectivity index (χ0) is 41.3. The molecule has 0 aliphatic heterocycles. The summed E-state index contributed by atoms with van der Waals surface area (Å²) in [6.45, 7) is 9.76. The Morgan fingerprint density at radius 3 is 1.23 bits per heavy atom. The second-order valence-corrected chi connectivity index (χ2v) is 13.7. The van der Waals surface area contributed by atoms with Crippen molar-refractivity contribution in [1.82, 2.24) is 37.2 Å². The highest BCUT2D eigenvalue weighted by Crippen LogP contribution is 2.11. The van der Waals surface area contributed by atoms with Gasteiger partial charge in [-0.1, -0.05) is 41.5 Å². The lowest BCUT2D eigenvalue weighted by Crippen LogP contribution is -2.63. The van der Waals surface area contributed by atoms with E-state index in [4.69, 9.17) is 15.9 Å². The van der Waals surface area contributed by atoms with Gasteiger partial charge >= 0.3 is 5.97 Å². The highest BCUT2D eigenvalue weighted by atomic mass is 16.4. The van der Waals surface area contributed by atoms with E-state index in [0.717, 1.165) is 0 Å². The van der Waals surface area contributed by atoms with Crippen LogP contribution in [0.15, 0.2) is 0 Å². The number of aliphatic carboxylic acids is 1. The number of carbonyl (C=O) groups is 8. The van der Waals surface area contributed by atoms with Crippen molar-refractivity contribution in [3.05, 3.63) is 0 Å². The lowest BCUT2D eigenvalue weighted by molar-refractivity contribution is -0.143. The third kappa shape index (κ3) is 16.4. The Hall–Kier alpha value is -4.44. The standard InChI is InChI=1S/C32H58N8O13/c1-13(2)9-18(34-30(50)24(16(7)43)37-21(45)10-33)26(46)38-23(15(5)6)29(49)40-25(17(8)44)31(51)39-22(14(3)4)28(48)35-19(11-41)27(47)36-20(12-42)32(52)53/h13-20,22-25,41-44H,9-12,33H2,1-8H3,(H,34,50)(H,35,48)(H,36,47)(H,37,45)(H,38,46)(H,39,51)(H,40,49)(H,52,53)/t16-,17-,18+,19+,20+,22+,23+,24+,25+/m1/s1. The Morgan fingerprint density at radius 2 is 0.830 bits per heavy atom. The first-order chi connectivity index (χ1) is 24.5. The van der Waals surface area contributed by atoms with Crippen molar-refractivity contribution >= 4 is 47.3 Å². The molecule has 0 aliphatic carbocycles. The Morgan fingerprint density at radius 1 is 0.491 bits per heavy atom. The number of carbonyl (C=O) groups excluding carboxylic acids is 7. The van der Waals surface area contributed by atoms with E-state index in [1.54, 1.807) is 27.7 Å². The average molecular weight is 763 g/mol. The maximum absolute atomic E-state index is 13.5. The predicted octanol–water partition coefficient (Wildman–Crippen LogP) is -5.47. The lowest BCUT2D eigenvalue weighted by Gasteiger charge is -2.30. The maximum atomic E-state index is 13.5. The zero-order valence-corrected chi connectivity index (χ0v) is 31.3. The second-order valence-electron chi connectivity index (χ2n) is 13.7. The van der Waals surface area contributed by atoms with Crippen molar-refractivity contribution in [2.24, 2.45) is 23.5 Å². The van der Waals surface area contributed by atoms with Gasteiger partial charge in [-0.25, -0.2) is 4.79 Å². The number of nitrogens with two attached hydrogens (primary N) is 1. The molecule has 53 heavy (non-hydrogen) atoms. The SMILES string of the molecule is CC(C)C[C@H](NC(=O)[C@@H](NC(=O)CN)[C@@H](C)O)C(=O)N[C@H](C(=O)N[C@H](C(=O)N[C@H](C(=O)N[C@@H](CO)C(=O)N[C@@H](CO)C(=O)O)C(C)C)[C@@H](C)O)C(C)C. The van der Waals surface area contributed by atoms with Crippen LogP contribution in [0.4, 0.5) is 0 Å². The van der Waals surface area contributed by atoms with Gasteiger partial charge in [0.2, 0.25) is 41.4 Å². The van der Waals surface area contributed by atoms with Gasteiger partial charge in [0.05, 0.1) is 32.0 Å². The number of hydrogen-bond donors (Lipinski definition) is 13. The van der Waals surface area contributed by atoms with Crippen LogP contribution in [0.2, 0.25) is 0 Å². The van der Waals surface area contributed by atoms with Crippen LogP contribution < -0.4 is 43.0 Å². The van der Waals surface area contributed by atoms with E-state index >= 15 is 0 Å². The smallest absolute Gasteiger partial charge is 0.328 e. The molecule has 0 fully saturated rings. The quantitative estimate of drug-likeness (QED) is 0.0462. The summed E-state index contributed by atoms with van der Waals surface area (Å²) in [5.74, 6) is -9.49. The van der Waals surface area contributed by atoms with Gasteiger partial charge in [0.15, 0.2) is 0 Å². The molecule has 21 nitrogen and oxygen atoms in total. The molecule has 0 aromatic heterocycles. The van der Waals surface area contributed by atoms with Crippen LogP contribution in [0.5, 0.6) is 0 Å². The fourth-order valence-electron chi connectivity index (χ4n) is 4.73. The van der Waals surface area contributed by atoms with E-state index in [1.807, 2.05) is 5.32 Å². The topological polar surface area (TPSA) is 348 Å². The van der Waals surface area contributed by atoms with Gasteiger partial charge in [0.1, 0.15) is 42.3 Å². The first-order valence-corrected chi connectivity index (χ1v) is 17.1. The average Bonchev–Trinajstić information content (AvgIpc) is 3.06. The van der Waals surface area contributed by atoms with Crippen LogP contribution in [-0.4, -0.2) is 147 Å². The molecule has 14 N–H and O–H groups in total. The van der Waals surface area contributed by atoms with Gasteiger partial charge in [-0.3, -0.25) is 33.6 Å². The number of aliphatic hydroxyl groups is 4. The van der Waals surface area contributed by atoms with Gasteiger partial charge in [0.25, 0.3) is 0 Å². The van der Waals surface area contributed by atoms with Gasteiger partial charge < -0.3 is 68.5 Å². The molecule has 0 heterocycles. The predicted molar refractivity (Wildman–Crippen MR) is 187 cm³/mol. The fourth-order valence-corrected chi connectivity index (χ4v) is 4.73. The number of rotatable bonds is 23. The van der Waals surface area contributed by atoms with E-state index in [9.17, 15) is 53.7 Å². The molecular formula is C32H58N8O13. The van der Waals surface area contributed by atoms with Crippen molar-refractivity contribution in [2.45, 2.75) is 116 Å². The van der Waals surface area contributed by atoms with Crippen LogP contribution in [0.1, 0.15) is 61.8 Å². The highest BCUT2D eigenvalue weighted by molar-refractivity contribution is 5.97. The molecule has 0 aromatic carbocycles. The third-order valence-electron chi connectivity index (χ3n) is 7.78. The van der Waals surface area contributed by atoms with Gasteiger partial charge in [-0.15, -0.1) is 0 Å². The lowest BCUT2D eigenvalue weighted by atomic mass is 9.98. The fraction of sp³-hybridized carbons (Fsp3) is 0.750. The van der Waals surface area contributed by atoms with E-state index in [0.29, 0.717) is 0 Å². The zero-order valence-electron chi connectivity index (χ0n) is 31.3. The Balaban J connectivity index is 6.05. The monoisotopic (exact) mass is 762 g/mol. The summed E-state index contributed by atoms with van der Waals surface area (Å²) in [5, 5.41) is 64.6. The molecule has 0 rings (SSSR count). The summed E-state index contributed by atoms with van der Waals surface area (Å²) < 4.78 is 0. The molecule has 304 valence electrons. The third-order valence-corrected chi connectivity index (χ3v) is 7.78. The molecule has 9 atom stereocenters. The van der Waals surface area contributed by atoms with Crippen molar-refractivity contribution in [2.75, 3.05) is 19.8 Å². The van der Waals surface area contributed by atoms with Crippen LogP contribution in [-0.2, 0) is 38.4 Å². The summed E-state index contributed by atoms with van der Waals surface area (Å²) in [4.78, 5) is 102. The second kappa shape index (κ2) is 23.3. The number of aliphatic hydroxyl groups excluding tert-OH is 4. The van der Waals surface area contributed by atoms with Gasteiger partial charge in [-0.2, -0.15) is 0 Å². The van der Waals surface area contributed by atoms with E-state index in [1.165, 1.54) is 27.7 Å². The molecule has 0 aromatic rings. The number of amides is 7. The number of carboxylic acids is 1.